The number of aromatic nitrogens is 1. The molecular formula is C13H10F3NO3S. The number of pyridine rings is 1. The molecule has 4 nitrogen and oxygen atoms in total. The summed E-state index contributed by atoms with van der Waals surface area (Å²) in [6.07, 6.45) is -2.78. The molecule has 0 saturated carbocycles. The number of alkyl halides is 3. The first-order valence-corrected chi connectivity index (χ1v) is 7.59. The maximum atomic E-state index is 12.6. The Labute approximate surface area is 119 Å². The maximum absolute atomic E-state index is 12.6. The van der Waals surface area contributed by atoms with Crippen molar-refractivity contribution in [3.63, 3.8) is 0 Å². The van der Waals surface area contributed by atoms with Gasteiger partial charge in [0.05, 0.1) is 10.5 Å². The first-order chi connectivity index (χ1) is 9.59. The highest BCUT2D eigenvalue weighted by Gasteiger charge is 2.32. The molecule has 0 bridgehead atoms. The summed E-state index contributed by atoms with van der Waals surface area (Å²) >= 11 is 0. The minimum atomic E-state index is -4.56. The summed E-state index contributed by atoms with van der Waals surface area (Å²) in [5.74, 6) is 0. The Morgan fingerprint density at radius 3 is 2.14 bits per heavy atom. The molecular weight excluding hydrogens is 307 g/mol. The second kappa shape index (κ2) is 5.03. The molecule has 1 aromatic carbocycles. The summed E-state index contributed by atoms with van der Waals surface area (Å²) in [5.41, 5.74) is -0.954. The largest absolute Gasteiger partial charge is 0.618 e. The summed E-state index contributed by atoms with van der Waals surface area (Å²) in [7, 11) is -3.41. The Hall–Kier alpha value is -2.09. The fourth-order valence-corrected chi connectivity index (χ4v) is 2.38. The third kappa shape index (κ3) is 3.33. The molecule has 21 heavy (non-hydrogen) atoms. The van der Waals surface area contributed by atoms with Crippen molar-refractivity contribution in [3.8, 4) is 11.3 Å². The molecule has 0 N–H and O–H groups in total. The van der Waals surface area contributed by atoms with Crippen molar-refractivity contribution in [2.24, 2.45) is 0 Å². The Morgan fingerprint density at radius 1 is 1.10 bits per heavy atom. The summed E-state index contributed by atoms with van der Waals surface area (Å²) < 4.78 is 60.9. The van der Waals surface area contributed by atoms with Crippen LogP contribution in [0, 0.1) is 5.21 Å². The zero-order chi connectivity index (χ0) is 15.8. The molecule has 0 saturated heterocycles. The highest BCUT2D eigenvalue weighted by atomic mass is 32.2. The average Bonchev–Trinajstić information content (AvgIpc) is 2.37. The van der Waals surface area contributed by atoms with E-state index in [9.17, 15) is 26.8 Å². The molecule has 0 radical (unpaired) electrons. The number of halogens is 3. The van der Waals surface area contributed by atoms with Crippen LogP contribution in [0.5, 0.6) is 0 Å². The van der Waals surface area contributed by atoms with Crippen LogP contribution >= 0.6 is 0 Å². The Morgan fingerprint density at radius 2 is 1.67 bits per heavy atom. The normalized spacial score (nSPS) is 12.4. The van der Waals surface area contributed by atoms with Crippen molar-refractivity contribution in [2.45, 2.75) is 11.1 Å². The number of hydrogen-bond donors (Lipinski definition) is 0. The first-order valence-electron chi connectivity index (χ1n) is 5.70. The summed E-state index contributed by atoms with van der Waals surface area (Å²) in [5, 5.41) is 11.6. The molecule has 0 aliphatic rings. The van der Waals surface area contributed by atoms with Crippen molar-refractivity contribution < 1.29 is 26.3 Å². The molecule has 1 aromatic heterocycles. The number of sulfone groups is 1. The van der Waals surface area contributed by atoms with Gasteiger partial charge in [0.15, 0.2) is 16.0 Å². The van der Waals surface area contributed by atoms with Gasteiger partial charge in [-0.25, -0.2) is 8.42 Å². The fraction of sp³-hybridized carbons (Fsp3) is 0.154. The van der Waals surface area contributed by atoms with Crippen LogP contribution in [0.25, 0.3) is 11.3 Å². The van der Waals surface area contributed by atoms with Crippen LogP contribution in [0.4, 0.5) is 13.2 Å². The standard InChI is InChI=1S/C13H10F3NO3S/c1-21(19,20)11-4-2-9(3-5-11)12-8-10(13(14,15)16)6-7-17(12)18/h2-8H,1H3. The highest BCUT2D eigenvalue weighted by molar-refractivity contribution is 7.90. The minimum absolute atomic E-state index is 0.0238. The number of rotatable bonds is 2. The number of nitrogens with zero attached hydrogens (tertiary/aromatic N) is 1. The molecule has 0 aliphatic carbocycles. The van der Waals surface area contributed by atoms with Crippen molar-refractivity contribution in [1.29, 1.82) is 0 Å². The molecule has 0 amide bonds. The summed E-state index contributed by atoms with van der Waals surface area (Å²) in [6, 6.07) is 6.47. The second-order valence-electron chi connectivity index (χ2n) is 4.42. The highest BCUT2D eigenvalue weighted by Crippen LogP contribution is 2.30. The van der Waals surface area contributed by atoms with Crippen LogP contribution < -0.4 is 4.73 Å². The van der Waals surface area contributed by atoms with Crippen molar-refractivity contribution in [1.82, 2.24) is 0 Å². The molecule has 112 valence electrons. The zero-order valence-electron chi connectivity index (χ0n) is 10.8. The Kier molecular flexibility index (Phi) is 3.66. The second-order valence-corrected chi connectivity index (χ2v) is 6.44. The Bertz CT molecular complexity index is 768. The lowest BCUT2D eigenvalue weighted by Crippen LogP contribution is -2.29. The van der Waals surface area contributed by atoms with E-state index in [1.165, 1.54) is 24.3 Å². The average molecular weight is 317 g/mol. The predicted molar refractivity (Wildman–Crippen MR) is 68.9 cm³/mol. The third-order valence-corrected chi connectivity index (χ3v) is 3.95. The number of benzene rings is 1. The zero-order valence-corrected chi connectivity index (χ0v) is 11.6. The Balaban J connectivity index is 2.52. The smallest absolute Gasteiger partial charge is 0.416 e. The SMILES string of the molecule is CS(=O)(=O)c1ccc(-c2cc(C(F)(F)F)cc[n+]2[O-])cc1. The maximum Gasteiger partial charge on any atom is 0.416 e. The summed E-state index contributed by atoms with van der Waals surface area (Å²) in [4.78, 5) is 0.0238. The lowest BCUT2D eigenvalue weighted by Gasteiger charge is -2.09. The lowest BCUT2D eigenvalue weighted by molar-refractivity contribution is -0.593. The van der Waals surface area contributed by atoms with Gasteiger partial charge in [0, 0.05) is 24.0 Å². The van der Waals surface area contributed by atoms with Gasteiger partial charge in [0.25, 0.3) is 0 Å². The van der Waals surface area contributed by atoms with E-state index >= 15 is 0 Å². The first kappa shape index (κ1) is 15.3. The molecule has 0 atom stereocenters. The van der Waals surface area contributed by atoms with E-state index in [4.69, 9.17) is 0 Å². The van der Waals surface area contributed by atoms with E-state index < -0.39 is 21.6 Å². The minimum Gasteiger partial charge on any atom is -0.618 e. The predicted octanol–water partition coefficient (Wildman–Crippen LogP) is 2.41. The van der Waals surface area contributed by atoms with Gasteiger partial charge in [-0.3, -0.25) is 0 Å². The van der Waals surface area contributed by atoms with Crippen LogP contribution in [0.1, 0.15) is 5.56 Å². The molecule has 1 heterocycles. The van der Waals surface area contributed by atoms with Gasteiger partial charge in [0.2, 0.25) is 5.69 Å². The van der Waals surface area contributed by atoms with Gasteiger partial charge < -0.3 is 5.21 Å². The molecule has 2 aromatic rings. The molecule has 0 unspecified atom stereocenters. The van der Waals surface area contributed by atoms with Crippen molar-refractivity contribution in [3.05, 3.63) is 53.4 Å². The van der Waals surface area contributed by atoms with E-state index in [1.54, 1.807) is 0 Å². The van der Waals surface area contributed by atoms with E-state index in [2.05, 4.69) is 0 Å². The van der Waals surface area contributed by atoms with Crippen LogP contribution in [0.15, 0.2) is 47.5 Å². The van der Waals surface area contributed by atoms with Crippen molar-refractivity contribution in [2.75, 3.05) is 6.26 Å². The van der Waals surface area contributed by atoms with Gasteiger partial charge in [-0.05, 0) is 24.3 Å². The van der Waals surface area contributed by atoms with Crippen LogP contribution in [-0.2, 0) is 16.0 Å². The molecule has 8 heteroatoms. The molecule has 0 aliphatic heterocycles. The van der Waals surface area contributed by atoms with Gasteiger partial charge in [0.1, 0.15) is 0 Å². The topological polar surface area (TPSA) is 61.1 Å². The van der Waals surface area contributed by atoms with E-state index in [1.807, 2.05) is 0 Å². The molecule has 0 spiro atoms. The fourth-order valence-electron chi connectivity index (χ4n) is 1.75. The van der Waals surface area contributed by atoms with Gasteiger partial charge in [-0.2, -0.15) is 17.9 Å². The van der Waals surface area contributed by atoms with E-state index in [-0.39, 0.29) is 16.2 Å². The van der Waals surface area contributed by atoms with Crippen molar-refractivity contribution >= 4 is 9.84 Å². The lowest BCUT2D eigenvalue weighted by atomic mass is 10.1. The molecule has 0 fully saturated rings. The van der Waals surface area contributed by atoms with Gasteiger partial charge in [-0.1, -0.05) is 0 Å². The number of hydrogen-bond acceptors (Lipinski definition) is 3. The van der Waals surface area contributed by atoms with Crippen LogP contribution in [0.2, 0.25) is 0 Å². The van der Waals surface area contributed by atoms with E-state index in [0.717, 1.165) is 18.5 Å². The van der Waals surface area contributed by atoms with Crippen LogP contribution in [0.3, 0.4) is 0 Å². The quantitative estimate of drug-likeness (QED) is 0.631. The monoisotopic (exact) mass is 317 g/mol. The van der Waals surface area contributed by atoms with Gasteiger partial charge >= 0.3 is 6.18 Å². The molecule has 2 rings (SSSR count). The van der Waals surface area contributed by atoms with Gasteiger partial charge in [-0.15, -0.1) is 0 Å². The van der Waals surface area contributed by atoms with Crippen LogP contribution in [-0.4, -0.2) is 14.7 Å². The third-order valence-electron chi connectivity index (χ3n) is 2.82. The summed E-state index contributed by atoms with van der Waals surface area (Å²) in [6.45, 7) is 0. The van der Waals surface area contributed by atoms with E-state index in [0.29, 0.717) is 10.8 Å².